The van der Waals surface area contributed by atoms with E-state index in [0.29, 0.717) is 19.5 Å². The molecule has 0 aromatic rings. The summed E-state index contributed by atoms with van der Waals surface area (Å²) >= 11 is 0. The van der Waals surface area contributed by atoms with Crippen molar-refractivity contribution in [2.45, 2.75) is 56.2 Å². The first kappa shape index (κ1) is 17.2. The van der Waals surface area contributed by atoms with Crippen LogP contribution in [-0.2, 0) is 19.9 Å². The van der Waals surface area contributed by atoms with E-state index in [-0.39, 0.29) is 30.4 Å². The smallest absolute Gasteiger partial charge is 0.217 e. The van der Waals surface area contributed by atoms with Gasteiger partial charge in [-0.2, -0.15) is 4.31 Å². The monoisotopic (exact) mass is 338 g/mol. The summed E-state index contributed by atoms with van der Waals surface area (Å²) in [4.78, 5) is 0. The highest BCUT2D eigenvalue weighted by molar-refractivity contribution is 7.92. The SMILES string of the molecule is NCCCN(C1CCCC1)S(=O)(=O)C1CCS(=O)(=O)CC1. The van der Waals surface area contributed by atoms with Crippen molar-refractivity contribution >= 4 is 19.9 Å². The normalized spacial score (nSPS) is 24.7. The first-order chi connectivity index (χ1) is 9.87. The largest absolute Gasteiger partial charge is 0.330 e. The molecule has 0 aromatic heterocycles. The van der Waals surface area contributed by atoms with Crippen molar-refractivity contribution in [1.29, 1.82) is 0 Å². The number of rotatable bonds is 6. The molecule has 0 unspecified atom stereocenters. The van der Waals surface area contributed by atoms with E-state index in [4.69, 9.17) is 5.73 Å². The van der Waals surface area contributed by atoms with Crippen molar-refractivity contribution in [3.8, 4) is 0 Å². The predicted molar refractivity (Wildman–Crippen MR) is 83.2 cm³/mol. The first-order valence-corrected chi connectivity index (χ1v) is 11.1. The molecule has 0 radical (unpaired) electrons. The number of nitrogens with two attached hydrogens (primary N) is 1. The number of sulfonamides is 1. The molecule has 2 fully saturated rings. The van der Waals surface area contributed by atoms with Crippen LogP contribution in [0.1, 0.15) is 44.9 Å². The van der Waals surface area contributed by atoms with Crippen LogP contribution in [0.5, 0.6) is 0 Å². The van der Waals surface area contributed by atoms with Gasteiger partial charge in [-0.25, -0.2) is 16.8 Å². The average Bonchev–Trinajstić information content (AvgIpc) is 2.92. The van der Waals surface area contributed by atoms with Crippen molar-refractivity contribution in [3.63, 3.8) is 0 Å². The lowest BCUT2D eigenvalue weighted by Crippen LogP contribution is -2.47. The molecule has 2 rings (SSSR count). The zero-order chi connectivity index (χ0) is 15.5. The Labute approximate surface area is 128 Å². The fraction of sp³-hybridized carbons (Fsp3) is 1.00. The molecule has 8 heteroatoms. The molecule has 1 saturated carbocycles. The summed E-state index contributed by atoms with van der Waals surface area (Å²) in [6.45, 7) is 0.935. The molecule has 0 aromatic carbocycles. The first-order valence-electron chi connectivity index (χ1n) is 7.78. The van der Waals surface area contributed by atoms with Gasteiger partial charge in [0.05, 0.1) is 16.8 Å². The van der Waals surface area contributed by atoms with Gasteiger partial charge in [-0.1, -0.05) is 12.8 Å². The molecule has 1 aliphatic carbocycles. The Morgan fingerprint density at radius 1 is 1.05 bits per heavy atom. The maximum atomic E-state index is 12.9. The van der Waals surface area contributed by atoms with Crippen molar-refractivity contribution < 1.29 is 16.8 Å². The van der Waals surface area contributed by atoms with Crippen LogP contribution in [0.4, 0.5) is 0 Å². The molecular weight excluding hydrogens is 312 g/mol. The quantitative estimate of drug-likeness (QED) is 0.760. The van der Waals surface area contributed by atoms with E-state index in [9.17, 15) is 16.8 Å². The maximum absolute atomic E-state index is 12.9. The van der Waals surface area contributed by atoms with Crippen LogP contribution in [0.15, 0.2) is 0 Å². The Balaban J connectivity index is 2.12. The van der Waals surface area contributed by atoms with Gasteiger partial charge in [0.15, 0.2) is 0 Å². The molecule has 2 aliphatic rings. The van der Waals surface area contributed by atoms with Gasteiger partial charge in [-0.3, -0.25) is 0 Å². The third-order valence-electron chi connectivity index (χ3n) is 4.56. The molecule has 1 heterocycles. The minimum atomic E-state index is -3.42. The van der Waals surface area contributed by atoms with Gasteiger partial charge in [0.25, 0.3) is 0 Å². The zero-order valence-corrected chi connectivity index (χ0v) is 14.0. The van der Waals surface area contributed by atoms with Crippen LogP contribution in [0.3, 0.4) is 0 Å². The number of nitrogens with zero attached hydrogens (tertiary/aromatic N) is 1. The van der Waals surface area contributed by atoms with E-state index in [2.05, 4.69) is 0 Å². The molecular formula is C13H26N2O4S2. The Morgan fingerprint density at radius 3 is 2.14 bits per heavy atom. The van der Waals surface area contributed by atoms with Gasteiger partial charge < -0.3 is 5.73 Å². The maximum Gasteiger partial charge on any atom is 0.217 e. The van der Waals surface area contributed by atoms with E-state index in [1.807, 2.05) is 0 Å². The van der Waals surface area contributed by atoms with E-state index in [1.165, 1.54) is 0 Å². The highest BCUT2D eigenvalue weighted by Gasteiger charge is 2.39. The summed E-state index contributed by atoms with van der Waals surface area (Å²) in [6.07, 6.45) is 5.08. The molecule has 0 atom stereocenters. The van der Waals surface area contributed by atoms with E-state index in [1.54, 1.807) is 4.31 Å². The molecule has 21 heavy (non-hydrogen) atoms. The molecule has 0 bridgehead atoms. The third-order valence-corrected chi connectivity index (χ3v) is 8.73. The van der Waals surface area contributed by atoms with Gasteiger partial charge in [-0.15, -0.1) is 0 Å². The summed E-state index contributed by atoms with van der Waals surface area (Å²) < 4.78 is 50.4. The predicted octanol–water partition coefficient (Wildman–Crippen LogP) is 0.487. The van der Waals surface area contributed by atoms with Crippen molar-refractivity contribution in [2.75, 3.05) is 24.6 Å². The Morgan fingerprint density at radius 2 is 1.62 bits per heavy atom. The van der Waals surface area contributed by atoms with Crippen LogP contribution in [0.2, 0.25) is 0 Å². The molecule has 2 N–H and O–H groups in total. The third kappa shape index (κ3) is 4.18. The number of hydrogen-bond acceptors (Lipinski definition) is 5. The molecule has 1 aliphatic heterocycles. The van der Waals surface area contributed by atoms with Crippen LogP contribution >= 0.6 is 0 Å². The number of sulfone groups is 1. The van der Waals surface area contributed by atoms with Gasteiger partial charge in [0.2, 0.25) is 10.0 Å². The topological polar surface area (TPSA) is 97.5 Å². The van der Waals surface area contributed by atoms with Crippen LogP contribution in [0, 0.1) is 0 Å². The minimum absolute atomic E-state index is 0.00765. The number of hydrogen-bond donors (Lipinski definition) is 1. The summed E-state index contributed by atoms with van der Waals surface area (Å²) in [5.74, 6) is -0.0153. The molecule has 6 nitrogen and oxygen atoms in total. The van der Waals surface area contributed by atoms with Crippen LogP contribution in [0.25, 0.3) is 0 Å². The molecule has 1 saturated heterocycles. The second-order valence-corrected chi connectivity index (χ2v) is 10.6. The Hall–Kier alpha value is -0.180. The molecule has 0 spiro atoms. The van der Waals surface area contributed by atoms with Gasteiger partial charge in [0, 0.05) is 12.6 Å². The van der Waals surface area contributed by atoms with Crippen LogP contribution in [-0.4, -0.2) is 57.0 Å². The standard InChI is InChI=1S/C13H26N2O4S2/c14-8-3-9-15(12-4-1-2-5-12)21(18,19)13-6-10-20(16,17)11-7-13/h12-13H,1-11,14H2. The summed E-state index contributed by atoms with van der Waals surface area (Å²) in [5, 5.41) is -0.542. The molecule has 0 amide bonds. The zero-order valence-electron chi connectivity index (χ0n) is 12.4. The van der Waals surface area contributed by atoms with Gasteiger partial charge in [-0.05, 0) is 38.6 Å². The average molecular weight is 338 g/mol. The molecule has 124 valence electrons. The lowest BCUT2D eigenvalue weighted by atomic mass is 10.2. The van der Waals surface area contributed by atoms with Crippen molar-refractivity contribution in [2.24, 2.45) is 5.73 Å². The van der Waals surface area contributed by atoms with Crippen LogP contribution < -0.4 is 5.73 Å². The second kappa shape index (κ2) is 6.93. The summed E-state index contributed by atoms with van der Waals surface area (Å²) in [6, 6.07) is 0.0834. The van der Waals surface area contributed by atoms with Gasteiger partial charge >= 0.3 is 0 Å². The van der Waals surface area contributed by atoms with E-state index < -0.39 is 25.1 Å². The van der Waals surface area contributed by atoms with Crippen molar-refractivity contribution in [3.05, 3.63) is 0 Å². The fourth-order valence-electron chi connectivity index (χ4n) is 3.31. The lowest BCUT2D eigenvalue weighted by Gasteiger charge is -2.33. The highest BCUT2D eigenvalue weighted by Crippen LogP contribution is 2.30. The fourth-order valence-corrected chi connectivity index (χ4v) is 7.33. The van der Waals surface area contributed by atoms with Crippen molar-refractivity contribution in [1.82, 2.24) is 4.31 Å². The lowest BCUT2D eigenvalue weighted by molar-refractivity contribution is 0.314. The Bertz CT molecular complexity index is 525. The second-order valence-electron chi connectivity index (χ2n) is 6.09. The van der Waals surface area contributed by atoms with Gasteiger partial charge in [0.1, 0.15) is 9.84 Å². The van der Waals surface area contributed by atoms with E-state index >= 15 is 0 Å². The highest BCUT2D eigenvalue weighted by atomic mass is 32.2. The van der Waals surface area contributed by atoms with E-state index in [0.717, 1.165) is 25.7 Å². The Kier molecular flexibility index (Phi) is 5.67. The summed E-state index contributed by atoms with van der Waals surface area (Å²) in [5.41, 5.74) is 5.53. The minimum Gasteiger partial charge on any atom is -0.330 e. The summed E-state index contributed by atoms with van der Waals surface area (Å²) in [7, 11) is -6.46.